The first kappa shape index (κ1) is 23.2. The molecule has 1 amide bonds. The molecule has 1 N–H and O–H groups in total. The van der Waals surface area contributed by atoms with Crippen LogP contribution in [0.1, 0.15) is 22.8 Å². The number of hydrogen-bond donors (Lipinski definition) is 1. The lowest BCUT2D eigenvalue weighted by Gasteiger charge is -2.26. The molecule has 1 fully saturated rings. The fourth-order valence-electron chi connectivity index (χ4n) is 3.13. The zero-order valence-electron chi connectivity index (χ0n) is 17.6. The van der Waals surface area contributed by atoms with Gasteiger partial charge in [-0.1, -0.05) is 24.3 Å². The van der Waals surface area contributed by atoms with Crippen LogP contribution in [-0.2, 0) is 26.0 Å². The van der Waals surface area contributed by atoms with Crippen molar-refractivity contribution < 1.29 is 27.4 Å². The van der Waals surface area contributed by atoms with E-state index in [0.717, 1.165) is 5.56 Å². The summed E-state index contributed by atoms with van der Waals surface area (Å²) in [6, 6.07) is 13.6. The van der Waals surface area contributed by atoms with Crippen LogP contribution in [0.5, 0.6) is 5.75 Å². The number of rotatable bonds is 10. The minimum absolute atomic E-state index is 0.234. The van der Waals surface area contributed by atoms with Gasteiger partial charge in [-0.25, -0.2) is 8.42 Å². The lowest BCUT2D eigenvalue weighted by molar-refractivity contribution is 0.0730. The van der Waals surface area contributed by atoms with E-state index in [1.54, 1.807) is 48.5 Å². The van der Waals surface area contributed by atoms with Crippen molar-refractivity contribution in [2.75, 3.05) is 46.1 Å². The Kier molecular flexibility index (Phi) is 8.42. The molecule has 2 aromatic carbocycles. The Balaban J connectivity index is 1.58. The quantitative estimate of drug-likeness (QED) is 0.559. The van der Waals surface area contributed by atoms with E-state index in [0.29, 0.717) is 57.4 Å². The molecule has 0 atom stereocenters. The molecule has 0 radical (unpaired) electrons. The molecule has 1 aliphatic heterocycles. The van der Waals surface area contributed by atoms with E-state index in [-0.39, 0.29) is 17.3 Å². The standard InChI is InChI=1S/C22H28N2O6S/c1-2-28-15-16-30-21-6-4-3-5-20(21)22(25)23-17-18-7-9-19(10-8-18)31(26,27)24-11-13-29-14-12-24/h3-10H,2,11-17H2,1H3,(H,23,25). The molecular formula is C22H28N2O6S. The van der Waals surface area contributed by atoms with Gasteiger partial charge in [-0.2, -0.15) is 4.31 Å². The van der Waals surface area contributed by atoms with Crippen molar-refractivity contribution in [2.45, 2.75) is 18.4 Å². The van der Waals surface area contributed by atoms with Crippen molar-refractivity contribution in [1.82, 2.24) is 9.62 Å². The number of carbonyl (C=O) groups is 1. The molecular weight excluding hydrogens is 420 g/mol. The van der Waals surface area contributed by atoms with E-state index in [9.17, 15) is 13.2 Å². The molecule has 1 aliphatic rings. The van der Waals surface area contributed by atoms with Gasteiger partial charge >= 0.3 is 0 Å². The number of nitrogens with zero attached hydrogens (tertiary/aromatic N) is 1. The Labute approximate surface area is 183 Å². The summed E-state index contributed by atoms with van der Waals surface area (Å²) < 4.78 is 42.9. The van der Waals surface area contributed by atoms with Crippen LogP contribution < -0.4 is 10.1 Å². The highest BCUT2D eigenvalue weighted by Gasteiger charge is 2.26. The SMILES string of the molecule is CCOCCOc1ccccc1C(=O)NCc1ccc(S(=O)(=O)N2CCOCC2)cc1. The first-order valence-electron chi connectivity index (χ1n) is 10.3. The van der Waals surface area contributed by atoms with Crippen LogP contribution in [0.15, 0.2) is 53.4 Å². The highest BCUT2D eigenvalue weighted by Crippen LogP contribution is 2.19. The van der Waals surface area contributed by atoms with Gasteiger partial charge in [0.05, 0.1) is 30.3 Å². The molecule has 3 rings (SSSR count). The molecule has 9 heteroatoms. The monoisotopic (exact) mass is 448 g/mol. The molecule has 2 aromatic rings. The molecule has 0 spiro atoms. The fraction of sp³-hybridized carbons (Fsp3) is 0.409. The fourth-order valence-corrected chi connectivity index (χ4v) is 4.54. The van der Waals surface area contributed by atoms with Crippen LogP contribution in [-0.4, -0.2) is 64.8 Å². The van der Waals surface area contributed by atoms with Crippen LogP contribution in [0.3, 0.4) is 0 Å². The molecule has 0 aliphatic carbocycles. The third kappa shape index (κ3) is 6.27. The maximum Gasteiger partial charge on any atom is 0.255 e. The molecule has 0 bridgehead atoms. The Morgan fingerprint density at radius 2 is 1.77 bits per heavy atom. The maximum atomic E-state index is 12.7. The van der Waals surface area contributed by atoms with Crippen molar-refractivity contribution in [2.24, 2.45) is 0 Å². The van der Waals surface area contributed by atoms with Gasteiger partial charge in [0, 0.05) is 26.2 Å². The van der Waals surface area contributed by atoms with Crippen LogP contribution in [0.4, 0.5) is 0 Å². The number of morpholine rings is 1. The molecule has 1 saturated heterocycles. The minimum atomic E-state index is -3.53. The summed E-state index contributed by atoms with van der Waals surface area (Å²) in [5.74, 6) is 0.226. The number of carbonyl (C=O) groups excluding carboxylic acids is 1. The maximum absolute atomic E-state index is 12.7. The average Bonchev–Trinajstić information content (AvgIpc) is 2.81. The van der Waals surface area contributed by atoms with E-state index >= 15 is 0 Å². The highest BCUT2D eigenvalue weighted by atomic mass is 32.2. The van der Waals surface area contributed by atoms with Gasteiger partial charge in [0.1, 0.15) is 12.4 Å². The number of ether oxygens (including phenoxy) is 3. The van der Waals surface area contributed by atoms with Crippen LogP contribution >= 0.6 is 0 Å². The van der Waals surface area contributed by atoms with E-state index in [1.165, 1.54) is 4.31 Å². The Bertz CT molecular complexity index is 956. The number of nitrogens with one attached hydrogen (secondary N) is 1. The molecule has 1 heterocycles. The lowest BCUT2D eigenvalue weighted by atomic mass is 10.1. The first-order chi connectivity index (χ1) is 15.0. The first-order valence-corrected chi connectivity index (χ1v) is 11.7. The van der Waals surface area contributed by atoms with Crippen molar-refractivity contribution >= 4 is 15.9 Å². The topological polar surface area (TPSA) is 94.2 Å². The van der Waals surface area contributed by atoms with E-state index in [2.05, 4.69) is 5.32 Å². The van der Waals surface area contributed by atoms with Gasteiger partial charge in [0.15, 0.2) is 0 Å². The number of amides is 1. The van der Waals surface area contributed by atoms with E-state index in [4.69, 9.17) is 14.2 Å². The molecule has 0 saturated carbocycles. The van der Waals surface area contributed by atoms with Crippen LogP contribution in [0.25, 0.3) is 0 Å². The number of benzene rings is 2. The average molecular weight is 449 g/mol. The summed E-state index contributed by atoms with van der Waals surface area (Å²) in [4.78, 5) is 12.9. The molecule has 31 heavy (non-hydrogen) atoms. The zero-order valence-corrected chi connectivity index (χ0v) is 18.4. The van der Waals surface area contributed by atoms with Crippen molar-refractivity contribution in [1.29, 1.82) is 0 Å². The van der Waals surface area contributed by atoms with Gasteiger partial charge in [0.2, 0.25) is 10.0 Å². The smallest absolute Gasteiger partial charge is 0.255 e. The summed E-state index contributed by atoms with van der Waals surface area (Å²) in [5, 5.41) is 2.85. The molecule has 0 aromatic heterocycles. The normalized spacial score (nSPS) is 14.9. The van der Waals surface area contributed by atoms with E-state index in [1.807, 2.05) is 6.92 Å². The number of para-hydroxylation sites is 1. The predicted molar refractivity (Wildman–Crippen MR) is 116 cm³/mol. The summed E-state index contributed by atoms with van der Waals surface area (Å²) in [5.41, 5.74) is 1.23. The van der Waals surface area contributed by atoms with Gasteiger partial charge in [-0.05, 0) is 36.8 Å². The van der Waals surface area contributed by atoms with E-state index < -0.39 is 10.0 Å². The highest BCUT2D eigenvalue weighted by molar-refractivity contribution is 7.89. The number of sulfonamides is 1. The predicted octanol–water partition coefficient (Wildman–Crippen LogP) is 2.05. The molecule has 8 nitrogen and oxygen atoms in total. The van der Waals surface area contributed by atoms with Crippen molar-refractivity contribution in [3.05, 3.63) is 59.7 Å². The van der Waals surface area contributed by atoms with Crippen molar-refractivity contribution in [3.8, 4) is 5.75 Å². The zero-order chi connectivity index (χ0) is 22.1. The Morgan fingerprint density at radius 3 is 2.48 bits per heavy atom. The van der Waals surface area contributed by atoms with Crippen LogP contribution in [0.2, 0.25) is 0 Å². The minimum Gasteiger partial charge on any atom is -0.490 e. The Hall–Kier alpha value is -2.46. The van der Waals surface area contributed by atoms with Gasteiger partial charge in [-0.15, -0.1) is 0 Å². The summed E-state index contributed by atoms with van der Waals surface area (Å²) in [6.07, 6.45) is 0. The largest absolute Gasteiger partial charge is 0.490 e. The summed E-state index contributed by atoms with van der Waals surface area (Å²) in [6.45, 7) is 5.11. The van der Waals surface area contributed by atoms with Crippen LogP contribution in [0, 0.1) is 0 Å². The third-order valence-corrected chi connectivity index (χ3v) is 6.72. The summed E-state index contributed by atoms with van der Waals surface area (Å²) >= 11 is 0. The Morgan fingerprint density at radius 1 is 1.06 bits per heavy atom. The van der Waals surface area contributed by atoms with Gasteiger partial charge in [-0.3, -0.25) is 4.79 Å². The second-order valence-corrected chi connectivity index (χ2v) is 8.82. The molecule has 168 valence electrons. The second kappa shape index (κ2) is 11.2. The molecule has 0 unspecified atom stereocenters. The third-order valence-electron chi connectivity index (χ3n) is 4.81. The van der Waals surface area contributed by atoms with Crippen molar-refractivity contribution in [3.63, 3.8) is 0 Å². The number of hydrogen-bond acceptors (Lipinski definition) is 6. The van der Waals surface area contributed by atoms with Gasteiger partial charge < -0.3 is 19.5 Å². The van der Waals surface area contributed by atoms with Gasteiger partial charge in [0.25, 0.3) is 5.91 Å². The lowest BCUT2D eigenvalue weighted by Crippen LogP contribution is -2.40. The second-order valence-electron chi connectivity index (χ2n) is 6.88. The summed E-state index contributed by atoms with van der Waals surface area (Å²) in [7, 11) is -3.53.